The Morgan fingerprint density at radius 1 is 1.18 bits per heavy atom. The fraction of sp³-hybridized carbons (Fsp3) is 0.519. The first-order valence-electron chi connectivity index (χ1n) is 13.0. The van der Waals surface area contributed by atoms with Gasteiger partial charge in [-0.05, 0) is 70.1 Å². The summed E-state index contributed by atoms with van der Waals surface area (Å²) in [5.41, 5.74) is -0.558. The molecule has 0 aliphatic heterocycles. The number of aliphatic hydroxyl groups is 1. The van der Waals surface area contributed by atoms with Gasteiger partial charge in [-0.25, -0.2) is 15.0 Å². The first kappa shape index (κ1) is 28.9. The molecule has 210 valence electrons. The largest absolute Gasteiger partial charge is 0.465 e. The molecule has 1 atom stereocenters. The molecule has 1 unspecified atom stereocenters. The third-order valence-electron chi connectivity index (χ3n) is 6.94. The summed E-state index contributed by atoms with van der Waals surface area (Å²) >= 11 is 1.31. The van der Waals surface area contributed by atoms with Gasteiger partial charge in [-0.2, -0.15) is 13.2 Å². The molecule has 1 saturated carbocycles. The van der Waals surface area contributed by atoms with Gasteiger partial charge in [0.1, 0.15) is 16.3 Å². The van der Waals surface area contributed by atoms with Crippen LogP contribution in [0.25, 0.3) is 10.6 Å². The van der Waals surface area contributed by atoms with Crippen molar-refractivity contribution in [1.29, 1.82) is 0 Å². The van der Waals surface area contributed by atoms with Gasteiger partial charge < -0.3 is 15.2 Å². The van der Waals surface area contributed by atoms with E-state index in [9.17, 15) is 23.1 Å². The first-order valence-corrected chi connectivity index (χ1v) is 13.8. The molecular formula is C27H32F3N5O3S. The number of rotatable bonds is 9. The number of hydrogen-bond donors (Lipinski definition) is 2. The number of thiazole rings is 1. The lowest BCUT2D eigenvalue weighted by Crippen LogP contribution is -2.36. The maximum Gasteiger partial charge on any atom is 0.433 e. The van der Waals surface area contributed by atoms with E-state index in [2.05, 4.69) is 25.3 Å². The van der Waals surface area contributed by atoms with Crippen LogP contribution in [0.2, 0.25) is 0 Å². The molecule has 0 aromatic carbocycles. The van der Waals surface area contributed by atoms with Crippen molar-refractivity contribution in [3.05, 3.63) is 47.0 Å². The van der Waals surface area contributed by atoms with E-state index in [1.54, 1.807) is 32.2 Å². The Morgan fingerprint density at radius 3 is 2.62 bits per heavy atom. The van der Waals surface area contributed by atoms with Gasteiger partial charge in [0, 0.05) is 23.8 Å². The van der Waals surface area contributed by atoms with Gasteiger partial charge in [-0.3, -0.25) is 9.78 Å². The molecule has 2 N–H and O–H groups in total. The van der Waals surface area contributed by atoms with Gasteiger partial charge in [0.25, 0.3) is 0 Å². The van der Waals surface area contributed by atoms with Crippen LogP contribution in [0.4, 0.5) is 24.8 Å². The molecular weight excluding hydrogens is 531 g/mol. The van der Waals surface area contributed by atoms with Crippen LogP contribution in [0.15, 0.2) is 30.6 Å². The molecule has 1 aliphatic rings. The molecule has 3 heterocycles. The molecule has 0 radical (unpaired) electrons. The van der Waals surface area contributed by atoms with Crippen LogP contribution in [0.5, 0.6) is 0 Å². The maximum atomic E-state index is 13.0. The van der Waals surface area contributed by atoms with Crippen LogP contribution in [0, 0.1) is 18.8 Å². The van der Waals surface area contributed by atoms with E-state index >= 15 is 0 Å². The number of aromatic nitrogens is 4. The van der Waals surface area contributed by atoms with Crippen LogP contribution in [0.1, 0.15) is 68.8 Å². The predicted molar refractivity (Wildman–Crippen MR) is 141 cm³/mol. The summed E-state index contributed by atoms with van der Waals surface area (Å²) in [5, 5.41) is 14.8. The lowest BCUT2D eigenvalue weighted by molar-refractivity contribution is -0.151. The zero-order chi connectivity index (χ0) is 28.2. The topological polar surface area (TPSA) is 110 Å². The minimum Gasteiger partial charge on any atom is -0.465 e. The normalized spacial score (nSPS) is 19.4. The van der Waals surface area contributed by atoms with Crippen LogP contribution < -0.4 is 5.32 Å². The number of alkyl halides is 3. The molecule has 8 nitrogen and oxygen atoms in total. The van der Waals surface area contributed by atoms with E-state index in [1.807, 2.05) is 6.92 Å². The molecule has 4 rings (SSSR count). The van der Waals surface area contributed by atoms with Crippen molar-refractivity contribution in [1.82, 2.24) is 19.9 Å². The number of carbonyl (C=O) groups excluding carboxylic acids is 1. The standard InChI is InChI=1S/C27H32F3N5O3S/c1-4-5-12-38-23(36)17-6-8-18(9-7-17)26(3,37)24-32-15-21(39-24)20-14-19(13-16(2)33-20)34-25-31-11-10-22(35-25)27(28,29)30/h10-11,13-15,17-18,37H,4-9,12H2,1-3H3,(H,31,33,34,35). The third-order valence-corrected chi connectivity index (χ3v) is 8.19. The van der Waals surface area contributed by atoms with Gasteiger partial charge in [0.15, 0.2) is 0 Å². The van der Waals surface area contributed by atoms with E-state index in [1.165, 1.54) is 11.3 Å². The minimum atomic E-state index is -4.58. The number of hydrogen-bond acceptors (Lipinski definition) is 9. The molecule has 12 heteroatoms. The quantitative estimate of drug-likeness (QED) is 0.227. The van der Waals surface area contributed by atoms with Gasteiger partial charge in [0.05, 0.1) is 23.1 Å². The Labute approximate surface area is 229 Å². The number of unbranched alkanes of at least 4 members (excludes halogenated alkanes) is 1. The van der Waals surface area contributed by atoms with Crippen molar-refractivity contribution in [3.63, 3.8) is 0 Å². The highest BCUT2D eigenvalue weighted by atomic mass is 32.1. The Balaban J connectivity index is 1.45. The van der Waals surface area contributed by atoms with Crippen LogP contribution in [0.3, 0.4) is 0 Å². The highest BCUT2D eigenvalue weighted by Gasteiger charge is 2.40. The summed E-state index contributed by atoms with van der Waals surface area (Å²) in [7, 11) is 0. The summed E-state index contributed by atoms with van der Waals surface area (Å²) in [6, 6.07) is 4.17. The number of pyridine rings is 1. The van der Waals surface area contributed by atoms with Gasteiger partial charge in [0.2, 0.25) is 5.95 Å². The number of nitrogens with one attached hydrogen (secondary N) is 1. The second kappa shape index (κ2) is 12.0. The fourth-order valence-electron chi connectivity index (χ4n) is 4.70. The van der Waals surface area contributed by atoms with E-state index in [0.717, 1.165) is 25.1 Å². The fourth-order valence-corrected chi connectivity index (χ4v) is 5.70. The number of nitrogens with zero attached hydrogens (tertiary/aromatic N) is 4. The molecule has 0 saturated heterocycles. The molecule has 3 aromatic rings. The first-order chi connectivity index (χ1) is 18.5. The zero-order valence-corrected chi connectivity index (χ0v) is 22.9. The van der Waals surface area contributed by atoms with Crippen molar-refractivity contribution in [2.75, 3.05) is 11.9 Å². The summed E-state index contributed by atoms with van der Waals surface area (Å²) < 4.78 is 44.5. The number of anilines is 2. The number of ether oxygens (including phenoxy) is 1. The maximum absolute atomic E-state index is 13.0. The smallest absolute Gasteiger partial charge is 0.433 e. The molecule has 1 fully saturated rings. The van der Waals surface area contributed by atoms with Crippen LogP contribution >= 0.6 is 11.3 Å². The number of aryl methyl sites for hydroxylation is 1. The predicted octanol–water partition coefficient (Wildman–Crippen LogP) is 6.42. The average Bonchev–Trinajstić information content (AvgIpc) is 3.40. The van der Waals surface area contributed by atoms with Crippen molar-refractivity contribution in [2.24, 2.45) is 11.8 Å². The van der Waals surface area contributed by atoms with Crippen molar-refractivity contribution in [3.8, 4) is 10.6 Å². The Morgan fingerprint density at radius 2 is 1.92 bits per heavy atom. The summed E-state index contributed by atoms with van der Waals surface area (Å²) in [4.78, 5) is 29.5. The summed E-state index contributed by atoms with van der Waals surface area (Å²) in [6.45, 7) is 6.02. The van der Waals surface area contributed by atoms with Gasteiger partial charge >= 0.3 is 12.1 Å². The summed E-state index contributed by atoms with van der Waals surface area (Å²) in [5.74, 6) is -0.524. The highest BCUT2D eigenvalue weighted by Crippen LogP contribution is 2.43. The molecule has 0 bridgehead atoms. The zero-order valence-electron chi connectivity index (χ0n) is 22.1. The minimum absolute atomic E-state index is 0.0584. The van der Waals surface area contributed by atoms with Gasteiger partial charge in [-0.15, -0.1) is 11.3 Å². The third kappa shape index (κ3) is 7.10. The molecule has 0 spiro atoms. The van der Waals surface area contributed by atoms with E-state index in [0.29, 0.717) is 59.3 Å². The van der Waals surface area contributed by atoms with Crippen LogP contribution in [-0.2, 0) is 21.3 Å². The highest BCUT2D eigenvalue weighted by molar-refractivity contribution is 7.15. The van der Waals surface area contributed by atoms with Crippen molar-refractivity contribution >= 4 is 28.9 Å². The second-order valence-electron chi connectivity index (χ2n) is 10.0. The molecule has 0 amide bonds. The SMILES string of the molecule is CCCCOC(=O)C1CCC(C(C)(O)c2ncc(-c3cc(Nc4nccc(C(F)(F)F)n4)cc(C)n3)s2)CC1. The Kier molecular flexibility index (Phi) is 8.85. The summed E-state index contributed by atoms with van der Waals surface area (Å²) in [6.07, 6.45) is 2.63. The second-order valence-corrected chi connectivity index (χ2v) is 11.0. The van der Waals surface area contributed by atoms with E-state index in [4.69, 9.17) is 4.74 Å². The van der Waals surface area contributed by atoms with Crippen LogP contribution in [-0.4, -0.2) is 37.6 Å². The number of halogens is 3. The Hall–Kier alpha value is -3.12. The van der Waals surface area contributed by atoms with Crippen molar-refractivity contribution < 1.29 is 27.8 Å². The lowest BCUT2D eigenvalue weighted by Gasteiger charge is -2.36. The monoisotopic (exact) mass is 563 g/mol. The Bertz CT molecular complexity index is 1290. The molecule has 39 heavy (non-hydrogen) atoms. The van der Waals surface area contributed by atoms with Crippen molar-refractivity contribution in [2.45, 2.75) is 71.1 Å². The molecule has 3 aromatic heterocycles. The number of esters is 1. The number of carbonyl (C=O) groups is 1. The van der Waals surface area contributed by atoms with E-state index in [-0.39, 0.29) is 23.8 Å². The molecule has 1 aliphatic carbocycles. The van der Waals surface area contributed by atoms with E-state index < -0.39 is 17.5 Å². The van der Waals surface area contributed by atoms with Gasteiger partial charge in [-0.1, -0.05) is 13.3 Å². The average molecular weight is 564 g/mol. The lowest BCUT2D eigenvalue weighted by atomic mass is 9.74.